The Morgan fingerprint density at radius 2 is 1.83 bits per heavy atom. The van der Waals surface area contributed by atoms with Gasteiger partial charge in [0.2, 0.25) is 0 Å². The molecule has 30 heavy (non-hydrogen) atoms. The lowest BCUT2D eigenvalue weighted by molar-refractivity contribution is -0.137. The van der Waals surface area contributed by atoms with Gasteiger partial charge in [-0.25, -0.2) is 0 Å². The van der Waals surface area contributed by atoms with Crippen molar-refractivity contribution in [2.75, 3.05) is 13.1 Å². The molecule has 0 saturated carbocycles. The van der Waals surface area contributed by atoms with E-state index in [1.807, 2.05) is 6.92 Å². The number of hydrogen-bond donors (Lipinski definition) is 0. The molecule has 1 aromatic carbocycles. The number of nitrogens with zero attached hydrogens (tertiary/aromatic N) is 3. The molecule has 158 valence electrons. The summed E-state index contributed by atoms with van der Waals surface area (Å²) in [5.41, 5.74) is 6.41. The quantitative estimate of drug-likeness (QED) is 0.550. The highest BCUT2D eigenvalue weighted by atomic mass is 19.4. The van der Waals surface area contributed by atoms with Crippen molar-refractivity contribution in [3.8, 4) is 0 Å². The molecular weight excluding hydrogens is 387 g/mol. The Labute approximate surface area is 174 Å². The van der Waals surface area contributed by atoms with Gasteiger partial charge >= 0.3 is 6.18 Å². The first-order chi connectivity index (χ1) is 14.4. The Morgan fingerprint density at radius 1 is 1.03 bits per heavy atom. The van der Waals surface area contributed by atoms with Gasteiger partial charge < -0.3 is 4.57 Å². The van der Waals surface area contributed by atoms with Gasteiger partial charge in [0.1, 0.15) is 0 Å². The number of alkyl halides is 3. The Balaban J connectivity index is 1.49. The molecule has 0 radical (unpaired) electrons. The first-order valence-corrected chi connectivity index (χ1v) is 10.8. The average Bonchev–Trinajstić information content (AvgIpc) is 3.05. The molecule has 1 fully saturated rings. The minimum Gasteiger partial charge on any atom is -0.343 e. The lowest BCUT2D eigenvalue weighted by atomic mass is 9.90. The van der Waals surface area contributed by atoms with Crippen molar-refractivity contribution in [2.24, 2.45) is 0 Å². The molecule has 2 aromatic heterocycles. The zero-order valence-corrected chi connectivity index (χ0v) is 17.2. The van der Waals surface area contributed by atoms with Crippen LogP contribution in [0.4, 0.5) is 13.2 Å². The lowest BCUT2D eigenvalue weighted by Crippen LogP contribution is -2.39. The minimum absolute atomic E-state index is 0.451. The van der Waals surface area contributed by atoms with Crippen molar-refractivity contribution in [1.29, 1.82) is 0 Å². The number of halogens is 3. The number of benzene rings is 1. The maximum atomic E-state index is 12.8. The molecule has 0 amide bonds. The second-order valence-corrected chi connectivity index (χ2v) is 8.57. The normalized spacial score (nSPS) is 19.7. The maximum absolute atomic E-state index is 12.8. The number of fused-ring (bicyclic) bond motifs is 5. The fourth-order valence-electron chi connectivity index (χ4n) is 5.20. The fourth-order valence-corrected chi connectivity index (χ4v) is 5.20. The second kappa shape index (κ2) is 7.41. The molecule has 1 unspecified atom stereocenters. The van der Waals surface area contributed by atoms with E-state index in [9.17, 15) is 13.2 Å². The van der Waals surface area contributed by atoms with E-state index < -0.39 is 11.7 Å². The molecule has 0 N–H and O–H groups in total. The second-order valence-electron chi connectivity index (χ2n) is 8.57. The molecule has 4 heterocycles. The van der Waals surface area contributed by atoms with E-state index in [2.05, 4.69) is 21.6 Å². The predicted molar refractivity (Wildman–Crippen MR) is 111 cm³/mol. The monoisotopic (exact) mass is 413 g/mol. The molecule has 2 aliphatic rings. The zero-order chi connectivity index (χ0) is 20.9. The van der Waals surface area contributed by atoms with E-state index in [-0.39, 0.29) is 0 Å². The molecule has 1 saturated heterocycles. The largest absolute Gasteiger partial charge is 0.416 e. The van der Waals surface area contributed by atoms with Crippen LogP contribution in [0.1, 0.15) is 53.4 Å². The third kappa shape index (κ3) is 3.41. The molecular formula is C24H26F3N3. The number of pyridine rings is 1. The van der Waals surface area contributed by atoms with Crippen LogP contribution in [0.5, 0.6) is 0 Å². The summed E-state index contributed by atoms with van der Waals surface area (Å²) in [5.74, 6) is 0. The summed E-state index contributed by atoms with van der Waals surface area (Å²) in [5, 5.41) is 0. The number of hydrogen-bond acceptors (Lipinski definition) is 2. The Kier molecular flexibility index (Phi) is 4.85. The van der Waals surface area contributed by atoms with Gasteiger partial charge in [0, 0.05) is 42.5 Å². The molecule has 1 atom stereocenters. The van der Waals surface area contributed by atoms with Gasteiger partial charge in [0.25, 0.3) is 0 Å². The van der Waals surface area contributed by atoms with Crippen molar-refractivity contribution < 1.29 is 13.2 Å². The molecule has 3 aromatic rings. The van der Waals surface area contributed by atoms with E-state index in [4.69, 9.17) is 4.98 Å². The van der Waals surface area contributed by atoms with Crippen LogP contribution in [0.3, 0.4) is 0 Å². The average molecular weight is 413 g/mol. The third-order valence-electron chi connectivity index (χ3n) is 6.68. The maximum Gasteiger partial charge on any atom is 0.416 e. The summed E-state index contributed by atoms with van der Waals surface area (Å²) in [6.45, 7) is 5.03. The van der Waals surface area contributed by atoms with Crippen molar-refractivity contribution in [3.63, 3.8) is 0 Å². The zero-order valence-electron chi connectivity index (χ0n) is 17.2. The highest BCUT2D eigenvalue weighted by Gasteiger charge is 2.34. The van der Waals surface area contributed by atoms with Gasteiger partial charge in [-0.3, -0.25) is 9.88 Å². The summed E-state index contributed by atoms with van der Waals surface area (Å²) in [7, 11) is 0. The van der Waals surface area contributed by atoms with Crippen LogP contribution in [-0.2, 0) is 25.6 Å². The van der Waals surface area contributed by atoms with Crippen LogP contribution in [0.2, 0.25) is 0 Å². The summed E-state index contributed by atoms with van der Waals surface area (Å²) < 4.78 is 40.9. The molecule has 2 aliphatic heterocycles. The van der Waals surface area contributed by atoms with E-state index in [1.165, 1.54) is 42.7 Å². The van der Waals surface area contributed by atoms with Gasteiger partial charge in [0.15, 0.2) is 0 Å². The van der Waals surface area contributed by atoms with Crippen LogP contribution >= 0.6 is 0 Å². The summed E-state index contributed by atoms with van der Waals surface area (Å²) in [6.07, 6.45) is 1.13. The van der Waals surface area contributed by atoms with E-state index in [1.54, 1.807) is 12.1 Å². The van der Waals surface area contributed by atoms with Gasteiger partial charge in [-0.15, -0.1) is 0 Å². The smallest absolute Gasteiger partial charge is 0.343 e. The fraction of sp³-hybridized carbons (Fsp3) is 0.458. The highest BCUT2D eigenvalue weighted by molar-refractivity contribution is 5.82. The van der Waals surface area contributed by atoms with Gasteiger partial charge in [-0.2, -0.15) is 13.2 Å². The van der Waals surface area contributed by atoms with E-state index >= 15 is 0 Å². The lowest BCUT2D eigenvalue weighted by Gasteiger charge is -2.39. The number of aryl methyl sites for hydroxylation is 3. The van der Waals surface area contributed by atoms with E-state index in [0.29, 0.717) is 12.5 Å². The molecule has 0 aliphatic carbocycles. The topological polar surface area (TPSA) is 21.1 Å². The van der Waals surface area contributed by atoms with Crippen molar-refractivity contribution >= 4 is 11.0 Å². The van der Waals surface area contributed by atoms with Crippen molar-refractivity contribution in [1.82, 2.24) is 14.5 Å². The number of piperidine rings is 1. The molecule has 6 heteroatoms. The standard InChI is InChI=1S/C24H26F3N3/c1-16-5-10-21-23(28-16)22-19-4-2-3-13-29(19)14-12-20(22)30(21)15-11-17-6-8-18(9-7-17)24(25,26)27/h5-10,19H,2-4,11-15H2,1H3. The van der Waals surface area contributed by atoms with Gasteiger partial charge in [-0.05, 0) is 62.6 Å². The Bertz CT molecular complexity index is 1070. The molecule has 0 bridgehead atoms. The van der Waals surface area contributed by atoms with Gasteiger partial charge in [-0.1, -0.05) is 18.6 Å². The van der Waals surface area contributed by atoms with Crippen LogP contribution in [-0.4, -0.2) is 27.5 Å². The third-order valence-corrected chi connectivity index (χ3v) is 6.68. The summed E-state index contributed by atoms with van der Waals surface area (Å²) >= 11 is 0. The van der Waals surface area contributed by atoms with Crippen LogP contribution in [0, 0.1) is 6.92 Å². The van der Waals surface area contributed by atoms with Gasteiger partial charge in [0.05, 0.1) is 16.6 Å². The minimum atomic E-state index is -4.29. The van der Waals surface area contributed by atoms with Crippen LogP contribution in [0.25, 0.3) is 11.0 Å². The predicted octanol–water partition coefficient (Wildman–Crippen LogP) is 5.69. The SMILES string of the molecule is Cc1ccc2c(n1)c1c(n2CCc2ccc(C(F)(F)F)cc2)CCN2CCCCC12. The number of rotatable bonds is 3. The Hall–Kier alpha value is -2.34. The Morgan fingerprint density at radius 3 is 2.60 bits per heavy atom. The van der Waals surface area contributed by atoms with Crippen molar-refractivity contribution in [2.45, 2.75) is 57.8 Å². The molecule has 5 rings (SSSR count). The molecule has 3 nitrogen and oxygen atoms in total. The summed E-state index contributed by atoms with van der Waals surface area (Å²) in [4.78, 5) is 7.53. The van der Waals surface area contributed by atoms with Crippen LogP contribution in [0.15, 0.2) is 36.4 Å². The van der Waals surface area contributed by atoms with Crippen molar-refractivity contribution in [3.05, 3.63) is 64.5 Å². The first kappa shape index (κ1) is 19.6. The van der Waals surface area contributed by atoms with Crippen LogP contribution < -0.4 is 0 Å². The van der Waals surface area contributed by atoms with E-state index in [0.717, 1.165) is 48.3 Å². The highest BCUT2D eigenvalue weighted by Crippen LogP contribution is 2.41. The summed E-state index contributed by atoms with van der Waals surface area (Å²) in [6, 6.07) is 10.2. The molecule has 0 spiro atoms. The number of aromatic nitrogens is 2. The first-order valence-electron chi connectivity index (χ1n) is 10.8.